The molecule has 0 unspecified atom stereocenters. The number of hydrazine groups is 1. The standard InChI is InChI=1S/C11H18N2O/c1-3-8-12-13-9-10-6-4-5-7-11(10)14-2/h4-7,12-13H,3,8-9H2,1-2H3. The molecule has 0 bridgehead atoms. The van der Waals surface area contributed by atoms with Crippen LogP contribution in [-0.4, -0.2) is 13.7 Å². The Balaban J connectivity index is 2.41. The molecule has 78 valence electrons. The van der Waals surface area contributed by atoms with Crippen LogP contribution >= 0.6 is 0 Å². The Kier molecular flexibility index (Phi) is 5.04. The third kappa shape index (κ3) is 3.36. The van der Waals surface area contributed by atoms with E-state index in [4.69, 9.17) is 4.74 Å². The predicted octanol–water partition coefficient (Wildman–Crippen LogP) is 1.70. The number of benzene rings is 1. The quantitative estimate of drug-likeness (QED) is 0.534. The smallest absolute Gasteiger partial charge is 0.123 e. The minimum absolute atomic E-state index is 0.782. The molecular weight excluding hydrogens is 176 g/mol. The molecule has 0 spiro atoms. The van der Waals surface area contributed by atoms with E-state index in [2.05, 4.69) is 23.8 Å². The van der Waals surface area contributed by atoms with Gasteiger partial charge in [-0.3, -0.25) is 10.9 Å². The lowest BCUT2D eigenvalue weighted by atomic mass is 10.2. The van der Waals surface area contributed by atoms with Crippen LogP contribution in [0.3, 0.4) is 0 Å². The maximum absolute atomic E-state index is 5.23. The molecular formula is C11H18N2O. The van der Waals surface area contributed by atoms with Gasteiger partial charge < -0.3 is 4.74 Å². The second kappa shape index (κ2) is 6.40. The van der Waals surface area contributed by atoms with E-state index in [0.29, 0.717) is 0 Å². The second-order valence-electron chi connectivity index (χ2n) is 3.09. The normalized spacial score (nSPS) is 10.1. The first-order valence-electron chi connectivity index (χ1n) is 4.96. The minimum atomic E-state index is 0.782. The van der Waals surface area contributed by atoms with Crippen LogP contribution in [0.5, 0.6) is 5.75 Å². The van der Waals surface area contributed by atoms with Crippen molar-refractivity contribution in [1.29, 1.82) is 0 Å². The van der Waals surface area contributed by atoms with E-state index in [1.807, 2.05) is 18.2 Å². The number of hydrogen-bond acceptors (Lipinski definition) is 3. The lowest BCUT2D eigenvalue weighted by Crippen LogP contribution is -2.31. The van der Waals surface area contributed by atoms with E-state index < -0.39 is 0 Å². The molecule has 0 aromatic heterocycles. The van der Waals surface area contributed by atoms with Crippen molar-refractivity contribution in [2.75, 3.05) is 13.7 Å². The molecule has 0 fully saturated rings. The topological polar surface area (TPSA) is 33.3 Å². The number of rotatable bonds is 6. The molecule has 3 heteroatoms. The summed E-state index contributed by atoms with van der Waals surface area (Å²) >= 11 is 0. The molecule has 0 saturated carbocycles. The Labute approximate surface area is 85.4 Å². The Bertz CT molecular complexity index is 263. The Morgan fingerprint density at radius 2 is 2.00 bits per heavy atom. The largest absolute Gasteiger partial charge is 0.496 e. The Morgan fingerprint density at radius 1 is 1.21 bits per heavy atom. The van der Waals surface area contributed by atoms with E-state index in [9.17, 15) is 0 Å². The second-order valence-corrected chi connectivity index (χ2v) is 3.09. The highest BCUT2D eigenvalue weighted by Gasteiger charge is 1.99. The van der Waals surface area contributed by atoms with Gasteiger partial charge in [-0.1, -0.05) is 25.1 Å². The van der Waals surface area contributed by atoms with Crippen LogP contribution in [0.25, 0.3) is 0 Å². The minimum Gasteiger partial charge on any atom is -0.496 e. The SMILES string of the molecule is CCCNNCc1ccccc1OC. The van der Waals surface area contributed by atoms with Gasteiger partial charge in [0.25, 0.3) is 0 Å². The van der Waals surface area contributed by atoms with Gasteiger partial charge in [0.2, 0.25) is 0 Å². The van der Waals surface area contributed by atoms with Crippen molar-refractivity contribution in [3.8, 4) is 5.75 Å². The van der Waals surface area contributed by atoms with Gasteiger partial charge in [0.1, 0.15) is 5.75 Å². The fourth-order valence-electron chi connectivity index (χ4n) is 1.22. The van der Waals surface area contributed by atoms with Crippen LogP contribution in [0.2, 0.25) is 0 Å². The summed E-state index contributed by atoms with van der Waals surface area (Å²) in [6.45, 7) is 3.90. The Morgan fingerprint density at radius 3 is 2.71 bits per heavy atom. The van der Waals surface area contributed by atoms with Gasteiger partial charge >= 0.3 is 0 Å². The van der Waals surface area contributed by atoms with E-state index in [-0.39, 0.29) is 0 Å². The number of para-hydroxylation sites is 1. The van der Waals surface area contributed by atoms with Gasteiger partial charge in [-0.15, -0.1) is 0 Å². The first-order chi connectivity index (χ1) is 6.88. The van der Waals surface area contributed by atoms with Crippen LogP contribution in [0.4, 0.5) is 0 Å². The van der Waals surface area contributed by atoms with E-state index >= 15 is 0 Å². The van der Waals surface area contributed by atoms with Gasteiger partial charge in [-0.2, -0.15) is 0 Å². The third-order valence-corrected chi connectivity index (χ3v) is 1.97. The highest BCUT2D eigenvalue weighted by molar-refractivity contribution is 5.32. The van der Waals surface area contributed by atoms with E-state index in [0.717, 1.165) is 25.3 Å². The fourth-order valence-corrected chi connectivity index (χ4v) is 1.22. The highest BCUT2D eigenvalue weighted by Crippen LogP contribution is 2.16. The maximum atomic E-state index is 5.23. The van der Waals surface area contributed by atoms with Crippen molar-refractivity contribution >= 4 is 0 Å². The first-order valence-corrected chi connectivity index (χ1v) is 4.96. The predicted molar refractivity (Wildman–Crippen MR) is 58.1 cm³/mol. The molecule has 2 N–H and O–H groups in total. The number of nitrogens with one attached hydrogen (secondary N) is 2. The molecule has 14 heavy (non-hydrogen) atoms. The fraction of sp³-hybridized carbons (Fsp3) is 0.455. The van der Waals surface area contributed by atoms with Gasteiger partial charge in [-0.05, 0) is 12.5 Å². The van der Waals surface area contributed by atoms with Crippen LogP contribution in [0, 0.1) is 0 Å². The van der Waals surface area contributed by atoms with Crippen molar-refractivity contribution in [2.45, 2.75) is 19.9 Å². The molecule has 0 heterocycles. The zero-order valence-electron chi connectivity index (χ0n) is 8.84. The lowest BCUT2D eigenvalue weighted by Gasteiger charge is -2.09. The van der Waals surface area contributed by atoms with Crippen molar-refractivity contribution in [1.82, 2.24) is 10.9 Å². The van der Waals surface area contributed by atoms with Gasteiger partial charge in [0.05, 0.1) is 7.11 Å². The summed E-state index contributed by atoms with van der Waals surface area (Å²) in [6.07, 6.45) is 1.12. The van der Waals surface area contributed by atoms with Crippen molar-refractivity contribution in [2.24, 2.45) is 0 Å². The molecule has 1 aromatic rings. The molecule has 3 nitrogen and oxygen atoms in total. The first kappa shape index (κ1) is 11.0. The Hall–Kier alpha value is -1.06. The summed E-state index contributed by atoms with van der Waals surface area (Å²) in [4.78, 5) is 0. The molecule has 0 radical (unpaired) electrons. The molecule has 0 aliphatic carbocycles. The summed E-state index contributed by atoms with van der Waals surface area (Å²) < 4.78 is 5.23. The number of hydrogen-bond donors (Lipinski definition) is 2. The zero-order valence-corrected chi connectivity index (χ0v) is 8.84. The molecule has 0 saturated heterocycles. The van der Waals surface area contributed by atoms with Crippen LogP contribution in [0.1, 0.15) is 18.9 Å². The van der Waals surface area contributed by atoms with E-state index in [1.165, 1.54) is 5.56 Å². The maximum Gasteiger partial charge on any atom is 0.123 e. The summed E-state index contributed by atoms with van der Waals surface area (Å²) in [7, 11) is 1.69. The van der Waals surface area contributed by atoms with Crippen molar-refractivity contribution in [3.05, 3.63) is 29.8 Å². The van der Waals surface area contributed by atoms with Crippen LogP contribution in [-0.2, 0) is 6.54 Å². The van der Waals surface area contributed by atoms with Gasteiger partial charge in [0, 0.05) is 18.7 Å². The average Bonchev–Trinajstić information content (AvgIpc) is 2.25. The summed E-state index contributed by atoms with van der Waals surface area (Å²) in [5, 5.41) is 0. The van der Waals surface area contributed by atoms with Crippen LogP contribution in [0.15, 0.2) is 24.3 Å². The van der Waals surface area contributed by atoms with Crippen LogP contribution < -0.4 is 15.6 Å². The number of ether oxygens (including phenoxy) is 1. The van der Waals surface area contributed by atoms with Crippen molar-refractivity contribution < 1.29 is 4.74 Å². The lowest BCUT2D eigenvalue weighted by molar-refractivity contribution is 0.405. The number of methoxy groups -OCH3 is 1. The third-order valence-electron chi connectivity index (χ3n) is 1.97. The zero-order chi connectivity index (χ0) is 10.2. The molecule has 1 rings (SSSR count). The van der Waals surface area contributed by atoms with E-state index in [1.54, 1.807) is 7.11 Å². The summed E-state index contributed by atoms with van der Waals surface area (Å²) in [5.41, 5.74) is 7.44. The van der Waals surface area contributed by atoms with Crippen molar-refractivity contribution in [3.63, 3.8) is 0 Å². The molecule has 1 aromatic carbocycles. The highest BCUT2D eigenvalue weighted by atomic mass is 16.5. The molecule has 0 aliphatic heterocycles. The summed E-state index contributed by atoms with van der Waals surface area (Å²) in [5.74, 6) is 0.929. The van der Waals surface area contributed by atoms with Gasteiger partial charge in [0.15, 0.2) is 0 Å². The molecule has 0 amide bonds. The average molecular weight is 194 g/mol. The monoisotopic (exact) mass is 194 g/mol. The summed E-state index contributed by atoms with van der Waals surface area (Å²) in [6, 6.07) is 8.01. The molecule has 0 atom stereocenters. The molecule has 0 aliphatic rings. The van der Waals surface area contributed by atoms with Gasteiger partial charge in [-0.25, -0.2) is 0 Å².